The van der Waals surface area contributed by atoms with Crippen molar-refractivity contribution in [3.05, 3.63) is 27.7 Å². The van der Waals surface area contributed by atoms with Crippen molar-refractivity contribution in [3.8, 4) is 0 Å². The molecule has 2 rings (SSSR count). The summed E-state index contributed by atoms with van der Waals surface area (Å²) in [5.41, 5.74) is 2.14. The SMILES string of the molecule is Cc1c(B2COC(C)(C)C(C)(C)O2)cn(C)c(=O)c1C. The highest BCUT2D eigenvalue weighted by molar-refractivity contribution is 6.68. The van der Waals surface area contributed by atoms with Crippen LogP contribution in [0, 0.1) is 13.8 Å². The first-order chi connectivity index (χ1) is 9.07. The van der Waals surface area contributed by atoms with Gasteiger partial charge in [0.25, 0.3) is 5.56 Å². The fourth-order valence-electron chi connectivity index (χ4n) is 2.47. The third-order valence-corrected chi connectivity index (χ3v) is 4.80. The van der Waals surface area contributed by atoms with Gasteiger partial charge in [-0.15, -0.1) is 0 Å². The molecule has 5 heteroatoms. The van der Waals surface area contributed by atoms with Crippen molar-refractivity contribution in [1.82, 2.24) is 4.57 Å². The highest BCUT2D eigenvalue weighted by Gasteiger charge is 2.47. The Bertz CT molecular complexity index is 590. The second kappa shape index (κ2) is 4.74. The molecule has 0 spiro atoms. The molecule has 1 aromatic rings. The van der Waals surface area contributed by atoms with Crippen LogP contribution in [0.4, 0.5) is 0 Å². The Morgan fingerprint density at radius 2 is 1.75 bits per heavy atom. The lowest BCUT2D eigenvalue weighted by molar-refractivity contribution is -0.152. The summed E-state index contributed by atoms with van der Waals surface area (Å²) in [4.78, 5) is 11.9. The van der Waals surface area contributed by atoms with Crippen molar-refractivity contribution in [2.75, 3.05) is 6.51 Å². The Kier molecular flexibility index (Phi) is 3.63. The summed E-state index contributed by atoms with van der Waals surface area (Å²) >= 11 is 0. The molecule has 0 N–H and O–H groups in total. The topological polar surface area (TPSA) is 40.5 Å². The van der Waals surface area contributed by atoms with E-state index in [1.54, 1.807) is 11.6 Å². The second-order valence-corrected chi connectivity index (χ2v) is 6.69. The first-order valence-electron chi connectivity index (χ1n) is 7.05. The molecule has 4 nitrogen and oxygen atoms in total. The molecule has 0 unspecified atom stereocenters. The van der Waals surface area contributed by atoms with Gasteiger partial charge in [-0.05, 0) is 52.6 Å². The maximum absolute atomic E-state index is 11.9. The molecular formula is C15H24BNO3. The molecule has 20 heavy (non-hydrogen) atoms. The second-order valence-electron chi connectivity index (χ2n) is 6.69. The number of hydrogen-bond donors (Lipinski definition) is 0. The van der Waals surface area contributed by atoms with E-state index in [0.717, 1.165) is 16.6 Å². The predicted molar refractivity (Wildman–Crippen MR) is 81.7 cm³/mol. The largest absolute Gasteiger partial charge is 0.421 e. The number of aryl methyl sites for hydroxylation is 1. The van der Waals surface area contributed by atoms with Crippen LogP contribution in [-0.4, -0.2) is 29.2 Å². The third-order valence-electron chi connectivity index (χ3n) is 4.80. The lowest BCUT2D eigenvalue weighted by Crippen LogP contribution is -2.62. The zero-order valence-corrected chi connectivity index (χ0v) is 13.5. The molecule has 1 saturated heterocycles. The van der Waals surface area contributed by atoms with E-state index in [4.69, 9.17) is 9.39 Å². The Morgan fingerprint density at radius 3 is 2.30 bits per heavy atom. The molecule has 0 aliphatic carbocycles. The lowest BCUT2D eigenvalue weighted by atomic mass is 9.58. The minimum absolute atomic E-state index is 0.0440. The maximum Gasteiger partial charge on any atom is 0.355 e. The first-order valence-corrected chi connectivity index (χ1v) is 7.05. The number of aromatic nitrogens is 1. The highest BCUT2D eigenvalue weighted by atomic mass is 16.6. The van der Waals surface area contributed by atoms with Crippen LogP contribution in [0.5, 0.6) is 0 Å². The van der Waals surface area contributed by atoms with Gasteiger partial charge in [-0.1, -0.05) is 0 Å². The average Bonchev–Trinajstić information content (AvgIpc) is 2.35. The molecule has 1 aromatic heterocycles. The van der Waals surface area contributed by atoms with Crippen LogP contribution >= 0.6 is 0 Å². The molecule has 2 heterocycles. The molecule has 0 radical (unpaired) electrons. The number of pyridine rings is 1. The number of rotatable bonds is 1. The molecular weight excluding hydrogens is 253 g/mol. The van der Waals surface area contributed by atoms with Crippen molar-refractivity contribution in [1.29, 1.82) is 0 Å². The minimum atomic E-state index is -0.384. The van der Waals surface area contributed by atoms with E-state index in [-0.39, 0.29) is 23.7 Å². The standard InChI is InChI=1S/C15H24BNO3/c1-10-11(2)13(18)17(7)8-12(10)16-9-19-14(3,4)15(5,6)20-16/h8H,9H2,1-7H3. The van der Waals surface area contributed by atoms with Gasteiger partial charge in [-0.25, -0.2) is 0 Å². The zero-order valence-electron chi connectivity index (χ0n) is 13.5. The average molecular weight is 277 g/mol. The van der Waals surface area contributed by atoms with Crippen LogP contribution in [0.25, 0.3) is 0 Å². The van der Waals surface area contributed by atoms with Crippen LogP contribution in [0.15, 0.2) is 11.0 Å². The quantitative estimate of drug-likeness (QED) is 0.727. The van der Waals surface area contributed by atoms with Crippen LogP contribution in [0.3, 0.4) is 0 Å². The Hall–Kier alpha value is -1.07. The Labute approximate surface area is 121 Å². The molecule has 1 fully saturated rings. The van der Waals surface area contributed by atoms with Crippen molar-refractivity contribution < 1.29 is 9.39 Å². The summed E-state index contributed by atoms with van der Waals surface area (Å²) in [6.45, 7) is 12.4. The molecule has 0 aromatic carbocycles. The van der Waals surface area contributed by atoms with E-state index in [1.165, 1.54) is 0 Å². The van der Waals surface area contributed by atoms with Crippen molar-refractivity contribution in [2.45, 2.75) is 52.7 Å². The Morgan fingerprint density at radius 1 is 1.15 bits per heavy atom. The van der Waals surface area contributed by atoms with E-state index < -0.39 is 0 Å². The highest BCUT2D eigenvalue weighted by Crippen LogP contribution is 2.33. The molecule has 1 aliphatic rings. The number of hydrogen-bond acceptors (Lipinski definition) is 3. The van der Waals surface area contributed by atoms with Gasteiger partial charge in [0, 0.05) is 18.8 Å². The summed E-state index contributed by atoms with van der Waals surface area (Å²) < 4.78 is 13.9. The molecule has 0 bridgehead atoms. The van der Waals surface area contributed by atoms with Crippen LogP contribution in [0.1, 0.15) is 38.8 Å². The van der Waals surface area contributed by atoms with Crippen LogP contribution < -0.4 is 11.0 Å². The lowest BCUT2D eigenvalue weighted by Gasteiger charge is -2.48. The van der Waals surface area contributed by atoms with E-state index in [2.05, 4.69) is 0 Å². The van der Waals surface area contributed by atoms with Gasteiger partial charge in [0.2, 0.25) is 0 Å². The van der Waals surface area contributed by atoms with Gasteiger partial charge in [-0.2, -0.15) is 0 Å². The van der Waals surface area contributed by atoms with Crippen molar-refractivity contribution in [3.63, 3.8) is 0 Å². The molecule has 0 saturated carbocycles. The number of nitrogens with zero attached hydrogens (tertiary/aromatic N) is 1. The molecule has 110 valence electrons. The van der Waals surface area contributed by atoms with Gasteiger partial charge in [-0.3, -0.25) is 4.79 Å². The van der Waals surface area contributed by atoms with Gasteiger partial charge in [0.15, 0.2) is 0 Å². The normalized spacial score (nSPS) is 21.1. The van der Waals surface area contributed by atoms with E-state index >= 15 is 0 Å². The summed E-state index contributed by atoms with van der Waals surface area (Å²) in [5, 5.41) is 0. The predicted octanol–water partition coefficient (Wildman–Crippen LogP) is 1.34. The monoisotopic (exact) mass is 277 g/mol. The molecule has 0 atom stereocenters. The summed E-state index contributed by atoms with van der Waals surface area (Å²) in [5.74, 6) is 0. The van der Waals surface area contributed by atoms with Gasteiger partial charge >= 0.3 is 6.92 Å². The van der Waals surface area contributed by atoms with Crippen molar-refractivity contribution >= 4 is 12.4 Å². The zero-order chi connectivity index (χ0) is 15.3. The summed E-state index contributed by atoms with van der Waals surface area (Å²) in [7, 11) is 1.77. The van der Waals surface area contributed by atoms with Crippen LogP contribution in [-0.2, 0) is 16.4 Å². The van der Waals surface area contributed by atoms with E-state index in [9.17, 15) is 4.79 Å². The Balaban J connectivity index is 2.42. The maximum atomic E-state index is 11.9. The van der Waals surface area contributed by atoms with Gasteiger partial charge < -0.3 is 14.0 Å². The van der Waals surface area contributed by atoms with Gasteiger partial charge in [0.05, 0.1) is 17.7 Å². The third kappa shape index (κ3) is 2.33. The van der Waals surface area contributed by atoms with Crippen molar-refractivity contribution in [2.24, 2.45) is 7.05 Å². The summed E-state index contributed by atoms with van der Waals surface area (Å²) in [6.07, 6.45) is 1.87. The smallest absolute Gasteiger partial charge is 0.355 e. The fraction of sp³-hybridized carbons (Fsp3) is 0.667. The van der Waals surface area contributed by atoms with Gasteiger partial charge in [0.1, 0.15) is 0 Å². The van der Waals surface area contributed by atoms with E-state index in [0.29, 0.717) is 6.51 Å². The molecule has 0 amide bonds. The molecule has 1 aliphatic heterocycles. The van der Waals surface area contributed by atoms with Crippen LogP contribution in [0.2, 0.25) is 0 Å². The minimum Gasteiger partial charge on any atom is -0.421 e. The number of ether oxygens (including phenoxy) is 1. The first kappa shape index (κ1) is 15.3. The summed E-state index contributed by atoms with van der Waals surface area (Å²) in [6, 6.07) is 0. The van der Waals surface area contributed by atoms with E-state index in [1.807, 2.05) is 47.7 Å². The fourth-order valence-corrected chi connectivity index (χ4v) is 2.47.